The van der Waals surface area contributed by atoms with Gasteiger partial charge in [-0.1, -0.05) is 6.92 Å². The molecule has 2 unspecified atom stereocenters. The quantitative estimate of drug-likeness (QED) is 0.689. The zero-order valence-corrected chi connectivity index (χ0v) is 8.79. The summed E-state index contributed by atoms with van der Waals surface area (Å²) in [4.78, 5) is 14.0. The maximum Gasteiger partial charge on any atom is 0.304 e. The Morgan fingerprint density at radius 3 is 3.07 bits per heavy atom. The van der Waals surface area contributed by atoms with E-state index in [-0.39, 0.29) is 11.8 Å². The van der Waals surface area contributed by atoms with Crippen LogP contribution in [0.25, 0.3) is 0 Å². The highest BCUT2D eigenvalue weighted by Crippen LogP contribution is 2.44. The fourth-order valence-electron chi connectivity index (χ4n) is 2.74. The van der Waals surface area contributed by atoms with Gasteiger partial charge in [-0.25, -0.2) is 0 Å². The molecule has 0 saturated carbocycles. The van der Waals surface area contributed by atoms with Gasteiger partial charge in [0.05, 0.1) is 6.42 Å². The van der Waals surface area contributed by atoms with E-state index in [1.54, 1.807) is 0 Å². The van der Waals surface area contributed by atoms with Crippen molar-refractivity contribution >= 4 is 5.97 Å². The van der Waals surface area contributed by atoms with Gasteiger partial charge in [-0.2, -0.15) is 0 Å². The Bertz CT molecular complexity index is 386. The third-order valence-electron chi connectivity index (χ3n) is 3.67. The van der Waals surface area contributed by atoms with E-state index in [4.69, 9.17) is 10.8 Å². The number of carboxylic acid groups (broad SMARTS) is 1. The van der Waals surface area contributed by atoms with Gasteiger partial charge >= 0.3 is 5.97 Å². The van der Waals surface area contributed by atoms with Crippen molar-refractivity contribution < 1.29 is 9.90 Å². The summed E-state index contributed by atoms with van der Waals surface area (Å²) in [5.41, 5.74) is 7.74. The number of fused-ring (bicyclic) bond motifs is 1. The van der Waals surface area contributed by atoms with Crippen molar-refractivity contribution in [2.75, 3.05) is 6.54 Å². The number of hydrogen-bond donors (Lipinski definition) is 3. The SMILES string of the molecule is CC1Cc2c[nH]cc2C1(CN)CC(=O)O. The third kappa shape index (κ3) is 1.36. The van der Waals surface area contributed by atoms with Gasteiger partial charge in [0.25, 0.3) is 0 Å². The topological polar surface area (TPSA) is 79.1 Å². The Morgan fingerprint density at radius 1 is 1.73 bits per heavy atom. The van der Waals surface area contributed by atoms with Crippen molar-refractivity contribution in [2.45, 2.75) is 25.2 Å². The molecule has 0 bridgehead atoms. The van der Waals surface area contributed by atoms with Crippen molar-refractivity contribution in [1.29, 1.82) is 0 Å². The second kappa shape index (κ2) is 3.38. The number of hydrogen-bond acceptors (Lipinski definition) is 2. The predicted octanol–water partition coefficient (Wildman–Crippen LogP) is 0.878. The van der Waals surface area contributed by atoms with E-state index < -0.39 is 5.97 Å². The van der Waals surface area contributed by atoms with Crippen LogP contribution in [0.15, 0.2) is 12.4 Å². The molecule has 1 aliphatic rings. The zero-order chi connectivity index (χ0) is 11.1. The molecule has 0 amide bonds. The molecule has 1 heterocycles. The number of H-pyrrole nitrogens is 1. The average molecular weight is 208 g/mol. The Hall–Kier alpha value is -1.29. The number of rotatable bonds is 3. The van der Waals surface area contributed by atoms with Gasteiger partial charge in [0, 0.05) is 24.4 Å². The minimum atomic E-state index is -0.777. The van der Waals surface area contributed by atoms with Crippen molar-refractivity contribution in [3.63, 3.8) is 0 Å². The number of nitrogens with two attached hydrogens (primary N) is 1. The summed E-state index contributed by atoms with van der Waals surface area (Å²) in [5.74, 6) is -0.473. The van der Waals surface area contributed by atoms with E-state index in [2.05, 4.69) is 11.9 Å². The molecule has 0 radical (unpaired) electrons. The lowest BCUT2D eigenvalue weighted by Gasteiger charge is -2.31. The number of carboxylic acids is 1. The second-order valence-electron chi connectivity index (χ2n) is 4.43. The summed E-state index contributed by atoms with van der Waals surface area (Å²) in [6, 6.07) is 0. The molecule has 4 N–H and O–H groups in total. The lowest BCUT2D eigenvalue weighted by Crippen LogP contribution is -2.40. The van der Waals surface area contributed by atoms with Crippen LogP contribution in [-0.4, -0.2) is 22.6 Å². The normalized spacial score (nSPS) is 29.1. The van der Waals surface area contributed by atoms with Crippen LogP contribution in [0.4, 0.5) is 0 Å². The van der Waals surface area contributed by atoms with Crippen LogP contribution in [-0.2, 0) is 16.6 Å². The monoisotopic (exact) mass is 208 g/mol. The molecule has 82 valence electrons. The minimum absolute atomic E-state index is 0.121. The van der Waals surface area contributed by atoms with Gasteiger partial charge in [-0.15, -0.1) is 0 Å². The molecule has 4 nitrogen and oxygen atoms in total. The number of aromatic nitrogens is 1. The molecule has 0 spiro atoms. The molecule has 15 heavy (non-hydrogen) atoms. The van der Waals surface area contributed by atoms with Crippen LogP contribution >= 0.6 is 0 Å². The van der Waals surface area contributed by atoms with E-state index in [1.807, 2.05) is 12.4 Å². The van der Waals surface area contributed by atoms with Gasteiger partial charge in [-0.3, -0.25) is 4.79 Å². The molecular weight excluding hydrogens is 192 g/mol. The standard InChI is InChI=1S/C11H16N2O2/c1-7-2-8-4-13-5-9(8)11(7,6-12)3-10(14)15/h4-5,7,13H,2-3,6,12H2,1H3,(H,14,15). The maximum atomic E-state index is 10.9. The Labute approximate surface area is 88.5 Å². The van der Waals surface area contributed by atoms with E-state index in [9.17, 15) is 4.79 Å². The maximum absolute atomic E-state index is 10.9. The number of aromatic amines is 1. The molecule has 0 aromatic carbocycles. The van der Waals surface area contributed by atoms with Gasteiger partial charge < -0.3 is 15.8 Å². The van der Waals surface area contributed by atoms with Crippen LogP contribution in [0.5, 0.6) is 0 Å². The zero-order valence-electron chi connectivity index (χ0n) is 8.79. The molecule has 1 aliphatic carbocycles. The summed E-state index contributed by atoms with van der Waals surface area (Å²) < 4.78 is 0. The Balaban J connectivity index is 2.43. The smallest absolute Gasteiger partial charge is 0.304 e. The first-order valence-corrected chi connectivity index (χ1v) is 5.18. The first kappa shape index (κ1) is 10.2. The summed E-state index contributed by atoms with van der Waals surface area (Å²) in [7, 11) is 0. The van der Waals surface area contributed by atoms with Crippen molar-refractivity contribution in [3.05, 3.63) is 23.5 Å². The summed E-state index contributed by atoms with van der Waals surface area (Å²) >= 11 is 0. The first-order valence-electron chi connectivity index (χ1n) is 5.18. The highest BCUT2D eigenvalue weighted by Gasteiger charge is 2.45. The number of aliphatic carboxylic acids is 1. The van der Waals surface area contributed by atoms with Crippen LogP contribution < -0.4 is 5.73 Å². The van der Waals surface area contributed by atoms with Gasteiger partial charge in [0.15, 0.2) is 0 Å². The average Bonchev–Trinajstić information content (AvgIpc) is 2.69. The molecule has 2 rings (SSSR count). The van der Waals surface area contributed by atoms with E-state index in [0.717, 1.165) is 12.0 Å². The van der Waals surface area contributed by atoms with E-state index in [1.165, 1.54) is 5.56 Å². The molecular formula is C11H16N2O2. The highest BCUT2D eigenvalue weighted by molar-refractivity contribution is 5.70. The lowest BCUT2D eigenvalue weighted by molar-refractivity contribution is -0.138. The van der Waals surface area contributed by atoms with E-state index >= 15 is 0 Å². The summed E-state index contributed by atoms with van der Waals surface area (Å²) in [6.45, 7) is 2.47. The third-order valence-corrected chi connectivity index (χ3v) is 3.67. The van der Waals surface area contributed by atoms with Gasteiger partial charge in [-0.05, 0) is 23.5 Å². The fourth-order valence-corrected chi connectivity index (χ4v) is 2.74. The van der Waals surface area contributed by atoms with Gasteiger partial charge in [0.2, 0.25) is 0 Å². The summed E-state index contributed by atoms with van der Waals surface area (Å²) in [5, 5.41) is 8.99. The van der Waals surface area contributed by atoms with Crippen molar-refractivity contribution in [1.82, 2.24) is 4.98 Å². The van der Waals surface area contributed by atoms with Crippen molar-refractivity contribution in [2.24, 2.45) is 11.7 Å². The molecule has 0 fully saturated rings. The molecule has 2 atom stereocenters. The van der Waals surface area contributed by atoms with Crippen LogP contribution in [0, 0.1) is 5.92 Å². The van der Waals surface area contributed by atoms with Crippen molar-refractivity contribution in [3.8, 4) is 0 Å². The lowest BCUT2D eigenvalue weighted by atomic mass is 9.73. The summed E-state index contributed by atoms with van der Waals surface area (Å²) in [6.07, 6.45) is 4.89. The molecule has 1 aromatic heterocycles. The van der Waals surface area contributed by atoms with Crippen LogP contribution in [0.3, 0.4) is 0 Å². The first-order chi connectivity index (χ1) is 7.10. The Kier molecular flexibility index (Phi) is 2.31. The highest BCUT2D eigenvalue weighted by atomic mass is 16.4. The Morgan fingerprint density at radius 2 is 2.47 bits per heavy atom. The second-order valence-corrected chi connectivity index (χ2v) is 4.43. The molecule has 4 heteroatoms. The van der Waals surface area contributed by atoms with Gasteiger partial charge in [0.1, 0.15) is 0 Å². The molecule has 0 aliphatic heterocycles. The molecule has 1 aromatic rings. The van der Waals surface area contributed by atoms with E-state index in [0.29, 0.717) is 12.5 Å². The molecule has 0 saturated heterocycles. The fraction of sp³-hybridized carbons (Fsp3) is 0.545. The largest absolute Gasteiger partial charge is 0.481 e. The number of carbonyl (C=O) groups is 1. The van der Waals surface area contributed by atoms with Crippen LogP contribution in [0.2, 0.25) is 0 Å². The number of nitrogens with one attached hydrogen (secondary N) is 1. The minimum Gasteiger partial charge on any atom is -0.481 e. The predicted molar refractivity (Wildman–Crippen MR) is 56.6 cm³/mol. The van der Waals surface area contributed by atoms with Crippen LogP contribution in [0.1, 0.15) is 24.5 Å².